The summed E-state index contributed by atoms with van der Waals surface area (Å²) in [5.41, 5.74) is -0.161. The van der Waals surface area contributed by atoms with Crippen molar-refractivity contribution in [3.8, 4) is 0 Å². The van der Waals surface area contributed by atoms with Crippen LogP contribution in [0.4, 0.5) is 13.2 Å². The Balaban J connectivity index is 0.00000280. The monoisotopic (exact) mass is 511 g/mol. The number of hydrogen-bond acceptors (Lipinski definition) is 2. The van der Waals surface area contributed by atoms with Gasteiger partial charge in [-0.3, -0.25) is 4.99 Å². The molecule has 0 spiro atoms. The molecular weight excluding hydrogens is 482 g/mol. The van der Waals surface area contributed by atoms with Gasteiger partial charge < -0.3 is 15.7 Å². The number of nitrogens with one attached hydrogen (secondary N) is 2. The van der Waals surface area contributed by atoms with Crippen LogP contribution in [0.3, 0.4) is 0 Å². The summed E-state index contributed by atoms with van der Waals surface area (Å²) in [6, 6.07) is 5.92. The minimum atomic E-state index is -4.32. The number of nitrogens with zero attached hydrogens (tertiary/aromatic N) is 1. The maximum atomic E-state index is 13.0. The number of guanidine groups is 1. The molecule has 0 amide bonds. The molecule has 1 aromatic carbocycles. The largest absolute Gasteiger partial charge is 0.416 e. The molecule has 158 valence electrons. The van der Waals surface area contributed by atoms with Crippen LogP contribution in [-0.2, 0) is 11.6 Å². The third-order valence-corrected chi connectivity index (χ3v) is 5.58. The zero-order chi connectivity index (χ0) is 19.5. The van der Waals surface area contributed by atoms with Crippen LogP contribution in [0.15, 0.2) is 29.3 Å². The van der Waals surface area contributed by atoms with E-state index in [0.717, 1.165) is 56.7 Å². The highest BCUT2D eigenvalue weighted by Gasteiger charge is 2.45. The van der Waals surface area contributed by atoms with E-state index < -0.39 is 11.7 Å². The van der Waals surface area contributed by atoms with Crippen LogP contribution < -0.4 is 10.6 Å². The average molecular weight is 511 g/mol. The highest BCUT2D eigenvalue weighted by atomic mass is 127. The fourth-order valence-electron chi connectivity index (χ4n) is 3.68. The number of halogens is 4. The van der Waals surface area contributed by atoms with Crippen molar-refractivity contribution in [2.24, 2.45) is 4.99 Å². The summed E-state index contributed by atoms with van der Waals surface area (Å²) >= 11 is 0. The lowest BCUT2D eigenvalue weighted by molar-refractivity contribution is -0.137. The topological polar surface area (TPSA) is 56.7 Å². The van der Waals surface area contributed by atoms with Crippen molar-refractivity contribution in [2.75, 3.05) is 13.1 Å². The van der Waals surface area contributed by atoms with Crippen molar-refractivity contribution in [2.45, 2.75) is 69.2 Å². The lowest BCUT2D eigenvalue weighted by Crippen LogP contribution is -2.45. The van der Waals surface area contributed by atoms with Crippen molar-refractivity contribution in [1.82, 2.24) is 10.6 Å². The minimum absolute atomic E-state index is 0. The van der Waals surface area contributed by atoms with Gasteiger partial charge in [0.25, 0.3) is 0 Å². The maximum absolute atomic E-state index is 13.0. The number of aliphatic hydroxyl groups is 1. The van der Waals surface area contributed by atoms with Gasteiger partial charge in [-0.1, -0.05) is 18.2 Å². The van der Waals surface area contributed by atoms with Gasteiger partial charge in [0.2, 0.25) is 0 Å². The molecule has 8 heteroatoms. The van der Waals surface area contributed by atoms with E-state index in [-0.39, 0.29) is 41.5 Å². The Kier molecular flexibility index (Phi) is 8.01. The lowest BCUT2D eigenvalue weighted by atomic mass is 9.93. The van der Waals surface area contributed by atoms with Crippen LogP contribution in [0.2, 0.25) is 0 Å². The van der Waals surface area contributed by atoms with E-state index in [1.54, 1.807) is 6.07 Å². The first-order valence-electron chi connectivity index (χ1n) is 9.73. The van der Waals surface area contributed by atoms with Crippen molar-refractivity contribution in [3.63, 3.8) is 0 Å². The first-order valence-corrected chi connectivity index (χ1v) is 9.73. The summed E-state index contributed by atoms with van der Waals surface area (Å²) in [7, 11) is 0. The van der Waals surface area contributed by atoms with Gasteiger partial charge in [-0.2, -0.15) is 13.2 Å². The van der Waals surface area contributed by atoms with Crippen molar-refractivity contribution in [1.29, 1.82) is 0 Å². The number of alkyl halides is 3. The summed E-state index contributed by atoms with van der Waals surface area (Å²) in [5, 5.41) is 16.3. The second-order valence-corrected chi connectivity index (χ2v) is 7.70. The van der Waals surface area contributed by atoms with Crippen LogP contribution >= 0.6 is 24.0 Å². The zero-order valence-corrected chi connectivity index (χ0v) is 18.4. The Labute approximate surface area is 181 Å². The van der Waals surface area contributed by atoms with Crippen LogP contribution in [-0.4, -0.2) is 36.3 Å². The fraction of sp³-hybridized carbons (Fsp3) is 0.650. The number of aliphatic hydroxyl groups excluding tert-OH is 1. The third kappa shape index (κ3) is 5.98. The Hall–Kier alpha value is -1.03. The molecule has 2 aliphatic rings. The van der Waals surface area contributed by atoms with E-state index in [1.807, 2.05) is 6.92 Å². The number of hydrogen-bond donors (Lipinski definition) is 3. The quantitative estimate of drug-likeness (QED) is 0.316. The summed E-state index contributed by atoms with van der Waals surface area (Å²) in [4.78, 5) is 4.68. The van der Waals surface area contributed by atoms with Crippen molar-refractivity contribution < 1.29 is 18.3 Å². The van der Waals surface area contributed by atoms with Crippen LogP contribution in [0.5, 0.6) is 0 Å². The van der Waals surface area contributed by atoms with Gasteiger partial charge >= 0.3 is 6.18 Å². The highest BCUT2D eigenvalue weighted by molar-refractivity contribution is 14.0. The van der Waals surface area contributed by atoms with Gasteiger partial charge in [0, 0.05) is 18.0 Å². The molecule has 2 aliphatic carbocycles. The van der Waals surface area contributed by atoms with E-state index in [4.69, 9.17) is 0 Å². The van der Waals surface area contributed by atoms with E-state index in [9.17, 15) is 18.3 Å². The molecule has 0 unspecified atom stereocenters. The van der Waals surface area contributed by atoms with Gasteiger partial charge in [0.15, 0.2) is 5.96 Å². The SMILES string of the molecule is CCNC(=NCC1(c2cccc(C(F)(F)F)c2)CC1)NC1CCC(O)CC1.I. The molecule has 1 aromatic rings. The molecule has 0 atom stereocenters. The third-order valence-electron chi connectivity index (χ3n) is 5.58. The van der Waals surface area contributed by atoms with E-state index in [2.05, 4.69) is 15.6 Å². The molecule has 0 radical (unpaired) electrons. The van der Waals surface area contributed by atoms with E-state index >= 15 is 0 Å². The zero-order valence-electron chi connectivity index (χ0n) is 16.1. The summed E-state index contributed by atoms with van der Waals surface area (Å²) in [6.07, 6.45) is 0.528. The molecule has 28 heavy (non-hydrogen) atoms. The molecule has 3 N–H and O–H groups in total. The Morgan fingerprint density at radius 1 is 1.21 bits per heavy atom. The Morgan fingerprint density at radius 2 is 1.89 bits per heavy atom. The Morgan fingerprint density at radius 3 is 2.46 bits per heavy atom. The van der Waals surface area contributed by atoms with Gasteiger partial charge in [-0.15, -0.1) is 24.0 Å². The molecule has 3 rings (SSSR count). The second kappa shape index (κ2) is 9.65. The smallest absolute Gasteiger partial charge is 0.393 e. The molecular formula is C20H29F3IN3O. The molecule has 0 bridgehead atoms. The lowest BCUT2D eigenvalue weighted by Gasteiger charge is -2.28. The summed E-state index contributed by atoms with van der Waals surface area (Å²) in [5.74, 6) is 0.706. The van der Waals surface area contributed by atoms with Crippen molar-refractivity contribution >= 4 is 29.9 Å². The van der Waals surface area contributed by atoms with Crippen LogP contribution in [0, 0.1) is 0 Å². The standard InChI is InChI=1S/C20H28F3N3O.HI/c1-2-24-18(26-16-6-8-17(27)9-7-16)25-13-19(10-11-19)14-4-3-5-15(12-14)20(21,22)23;/h3-5,12,16-17,27H,2,6-11,13H2,1H3,(H2,24,25,26);1H. The number of benzene rings is 1. The first kappa shape index (κ1) is 23.3. The summed E-state index contributed by atoms with van der Waals surface area (Å²) < 4.78 is 39.0. The second-order valence-electron chi connectivity index (χ2n) is 7.70. The normalized spacial score (nSPS) is 24.2. The first-order chi connectivity index (χ1) is 12.8. The molecule has 0 saturated heterocycles. The Bertz CT molecular complexity index is 669. The van der Waals surface area contributed by atoms with E-state index in [0.29, 0.717) is 12.5 Å². The van der Waals surface area contributed by atoms with Gasteiger partial charge in [0.05, 0.1) is 18.2 Å². The van der Waals surface area contributed by atoms with Crippen molar-refractivity contribution in [3.05, 3.63) is 35.4 Å². The maximum Gasteiger partial charge on any atom is 0.416 e. The van der Waals surface area contributed by atoms with Gasteiger partial charge in [-0.05, 0) is 57.1 Å². The van der Waals surface area contributed by atoms with Crippen LogP contribution in [0.25, 0.3) is 0 Å². The highest BCUT2D eigenvalue weighted by Crippen LogP contribution is 2.49. The summed E-state index contributed by atoms with van der Waals surface area (Å²) in [6.45, 7) is 3.18. The molecule has 4 nitrogen and oxygen atoms in total. The molecule has 2 fully saturated rings. The predicted octanol–water partition coefficient (Wildman–Crippen LogP) is 4.21. The molecule has 0 heterocycles. The van der Waals surface area contributed by atoms with Gasteiger partial charge in [0.1, 0.15) is 0 Å². The average Bonchev–Trinajstić information content (AvgIpc) is 3.42. The van der Waals surface area contributed by atoms with E-state index in [1.165, 1.54) is 12.1 Å². The van der Waals surface area contributed by atoms with Crippen LogP contribution in [0.1, 0.15) is 56.6 Å². The number of aliphatic imine (C=N–C) groups is 1. The van der Waals surface area contributed by atoms with Gasteiger partial charge in [-0.25, -0.2) is 0 Å². The molecule has 2 saturated carbocycles. The number of rotatable bonds is 5. The molecule has 0 aromatic heterocycles. The predicted molar refractivity (Wildman–Crippen MR) is 115 cm³/mol. The fourth-order valence-corrected chi connectivity index (χ4v) is 3.68. The molecule has 0 aliphatic heterocycles. The minimum Gasteiger partial charge on any atom is -0.393 e.